The Kier molecular flexibility index (Phi) is 5.36. The van der Waals surface area contributed by atoms with Gasteiger partial charge in [-0.1, -0.05) is 31.4 Å². The van der Waals surface area contributed by atoms with Gasteiger partial charge < -0.3 is 10.0 Å². The highest BCUT2D eigenvalue weighted by atomic mass is 32.1. The van der Waals surface area contributed by atoms with Gasteiger partial charge in [0.2, 0.25) is 0 Å². The topological polar surface area (TPSA) is 70.5 Å². The van der Waals surface area contributed by atoms with Crippen LogP contribution >= 0.6 is 11.3 Å². The predicted octanol–water partition coefficient (Wildman–Crippen LogP) is 3.73. The molecule has 1 aromatic carbocycles. The molecule has 0 bridgehead atoms. The fraction of sp³-hybridized carbons (Fsp3) is 0.421. The largest absolute Gasteiger partial charge is 0.479 e. The first-order chi connectivity index (χ1) is 12.4. The number of hydrogen-bond acceptors (Lipinski definition) is 4. The number of aromatic nitrogens is 1. The van der Waals surface area contributed by atoms with E-state index in [1.807, 2.05) is 0 Å². The molecule has 1 aliphatic carbocycles. The molecule has 1 aliphatic rings. The van der Waals surface area contributed by atoms with E-state index in [2.05, 4.69) is 4.98 Å². The molecule has 0 spiro atoms. The molecule has 26 heavy (non-hydrogen) atoms. The maximum Gasteiger partial charge on any atom is 0.329 e. The van der Waals surface area contributed by atoms with Gasteiger partial charge in [-0.2, -0.15) is 0 Å². The Morgan fingerprint density at radius 3 is 2.69 bits per heavy atom. The van der Waals surface area contributed by atoms with E-state index in [4.69, 9.17) is 0 Å². The number of carbonyl (C=O) groups is 2. The minimum absolute atomic E-state index is 0.245. The van der Waals surface area contributed by atoms with Gasteiger partial charge in [-0.25, -0.2) is 14.2 Å². The summed E-state index contributed by atoms with van der Waals surface area (Å²) >= 11 is 1.32. The van der Waals surface area contributed by atoms with Crippen molar-refractivity contribution in [2.24, 2.45) is 0 Å². The standard InChI is InChI=1S/C19H21FN2O3S/c1-22(19(18(24)25)8-3-2-4-9-19)17(23)15-12-26-16(21-15)11-13-6-5-7-14(20)10-13/h5-7,10,12H,2-4,8-9,11H2,1H3,(H,24,25). The third-order valence-electron chi connectivity index (χ3n) is 5.04. The van der Waals surface area contributed by atoms with E-state index >= 15 is 0 Å². The van der Waals surface area contributed by atoms with Crippen LogP contribution in [0, 0.1) is 5.82 Å². The second-order valence-electron chi connectivity index (χ2n) is 6.69. The van der Waals surface area contributed by atoms with Gasteiger partial charge in [0, 0.05) is 18.8 Å². The van der Waals surface area contributed by atoms with Crippen LogP contribution in [0.3, 0.4) is 0 Å². The van der Waals surface area contributed by atoms with Gasteiger partial charge in [0.1, 0.15) is 17.1 Å². The Bertz CT molecular complexity index is 815. The third-order valence-corrected chi connectivity index (χ3v) is 5.89. The van der Waals surface area contributed by atoms with Crippen molar-refractivity contribution in [2.45, 2.75) is 44.1 Å². The molecule has 1 amide bonds. The van der Waals surface area contributed by atoms with Crippen LogP contribution in [0.4, 0.5) is 4.39 Å². The van der Waals surface area contributed by atoms with Crippen molar-refractivity contribution in [1.29, 1.82) is 0 Å². The number of carboxylic acids is 1. The van der Waals surface area contributed by atoms with E-state index in [0.717, 1.165) is 24.8 Å². The van der Waals surface area contributed by atoms with Crippen LogP contribution < -0.4 is 0 Å². The summed E-state index contributed by atoms with van der Waals surface area (Å²) in [6.45, 7) is 0. The Morgan fingerprint density at radius 2 is 2.04 bits per heavy atom. The molecule has 5 nitrogen and oxygen atoms in total. The van der Waals surface area contributed by atoms with Gasteiger partial charge in [-0.3, -0.25) is 4.79 Å². The zero-order valence-electron chi connectivity index (χ0n) is 14.6. The third kappa shape index (κ3) is 3.62. The lowest BCUT2D eigenvalue weighted by Gasteiger charge is -2.40. The fourth-order valence-electron chi connectivity index (χ4n) is 3.51. The predicted molar refractivity (Wildman–Crippen MR) is 96.9 cm³/mol. The quantitative estimate of drug-likeness (QED) is 0.863. The molecule has 1 heterocycles. The number of rotatable bonds is 5. The summed E-state index contributed by atoms with van der Waals surface area (Å²) in [4.78, 5) is 30.4. The van der Waals surface area contributed by atoms with Gasteiger partial charge >= 0.3 is 5.97 Å². The van der Waals surface area contributed by atoms with Gasteiger partial charge in [0.25, 0.3) is 5.91 Å². The number of benzene rings is 1. The second-order valence-corrected chi connectivity index (χ2v) is 7.64. The summed E-state index contributed by atoms with van der Waals surface area (Å²) in [5.41, 5.74) is -0.127. The van der Waals surface area contributed by atoms with Crippen molar-refractivity contribution in [1.82, 2.24) is 9.88 Å². The molecule has 0 atom stereocenters. The number of aliphatic carboxylic acids is 1. The summed E-state index contributed by atoms with van der Waals surface area (Å²) in [6.07, 6.45) is 3.95. The first-order valence-corrected chi connectivity index (χ1v) is 9.51. The number of likely N-dealkylation sites (N-methyl/N-ethyl adjacent to an activating group) is 1. The van der Waals surface area contributed by atoms with Crippen molar-refractivity contribution < 1.29 is 19.1 Å². The maximum absolute atomic E-state index is 13.3. The van der Waals surface area contributed by atoms with Crippen molar-refractivity contribution in [2.75, 3.05) is 7.05 Å². The molecule has 1 saturated carbocycles. The normalized spacial score (nSPS) is 16.2. The molecule has 0 aliphatic heterocycles. The van der Waals surface area contributed by atoms with Crippen LogP contribution in [-0.4, -0.2) is 39.5 Å². The van der Waals surface area contributed by atoms with E-state index in [1.165, 1.54) is 28.4 Å². The first-order valence-electron chi connectivity index (χ1n) is 8.63. The highest BCUT2D eigenvalue weighted by Gasteiger charge is 2.46. The Hall–Kier alpha value is -2.28. The molecule has 138 valence electrons. The smallest absolute Gasteiger partial charge is 0.329 e. The zero-order chi connectivity index (χ0) is 18.7. The van der Waals surface area contributed by atoms with E-state index < -0.39 is 11.5 Å². The monoisotopic (exact) mass is 376 g/mol. The highest BCUT2D eigenvalue weighted by molar-refractivity contribution is 7.09. The zero-order valence-corrected chi connectivity index (χ0v) is 15.4. The van der Waals surface area contributed by atoms with Gasteiger partial charge in [0.05, 0.1) is 5.01 Å². The molecule has 2 aromatic rings. The van der Waals surface area contributed by atoms with Crippen LogP contribution in [0.1, 0.15) is 53.2 Å². The summed E-state index contributed by atoms with van der Waals surface area (Å²) < 4.78 is 13.3. The van der Waals surface area contributed by atoms with Crippen LogP contribution in [0.5, 0.6) is 0 Å². The fourth-order valence-corrected chi connectivity index (χ4v) is 4.31. The molecule has 0 unspecified atom stereocenters. The van der Waals surface area contributed by atoms with Crippen molar-refractivity contribution >= 4 is 23.2 Å². The Morgan fingerprint density at radius 1 is 1.31 bits per heavy atom. The number of thiazole rings is 1. The van der Waals surface area contributed by atoms with Crippen molar-refractivity contribution in [3.8, 4) is 0 Å². The highest BCUT2D eigenvalue weighted by Crippen LogP contribution is 2.34. The molecule has 7 heteroatoms. The molecule has 3 rings (SSSR count). The number of carbonyl (C=O) groups excluding carboxylic acids is 1. The van der Waals surface area contributed by atoms with E-state index in [9.17, 15) is 19.1 Å². The van der Waals surface area contributed by atoms with E-state index in [-0.39, 0.29) is 17.4 Å². The number of halogens is 1. The summed E-state index contributed by atoms with van der Waals surface area (Å²) in [7, 11) is 1.55. The molecular formula is C19H21FN2O3S. The van der Waals surface area contributed by atoms with Crippen LogP contribution in [0.25, 0.3) is 0 Å². The van der Waals surface area contributed by atoms with Crippen LogP contribution in [-0.2, 0) is 11.2 Å². The summed E-state index contributed by atoms with van der Waals surface area (Å²) in [6, 6.07) is 6.26. The number of carboxylic acid groups (broad SMARTS) is 1. The molecular weight excluding hydrogens is 355 g/mol. The molecule has 1 fully saturated rings. The number of amides is 1. The van der Waals surface area contributed by atoms with E-state index in [1.54, 1.807) is 24.6 Å². The lowest BCUT2D eigenvalue weighted by atomic mass is 9.80. The van der Waals surface area contributed by atoms with Crippen molar-refractivity contribution in [3.63, 3.8) is 0 Å². The second kappa shape index (κ2) is 7.53. The maximum atomic E-state index is 13.3. The first kappa shape index (κ1) is 18.5. The molecule has 1 aromatic heterocycles. The van der Waals surface area contributed by atoms with Crippen LogP contribution in [0.2, 0.25) is 0 Å². The number of hydrogen-bond donors (Lipinski definition) is 1. The Balaban J connectivity index is 1.77. The number of nitrogens with zero attached hydrogens (tertiary/aromatic N) is 2. The minimum atomic E-state index is -1.15. The lowest BCUT2D eigenvalue weighted by molar-refractivity contribution is -0.151. The average molecular weight is 376 g/mol. The summed E-state index contributed by atoms with van der Waals surface area (Å²) in [5.74, 6) is -1.64. The molecule has 0 radical (unpaired) electrons. The minimum Gasteiger partial charge on any atom is -0.479 e. The summed E-state index contributed by atoms with van der Waals surface area (Å²) in [5, 5.41) is 12.1. The lowest BCUT2D eigenvalue weighted by Crippen LogP contribution is -2.56. The van der Waals surface area contributed by atoms with Gasteiger partial charge in [-0.05, 0) is 30.5 Å². The SMILES string of the molecule is CN(C(=O)c1csc(Cc2cccc(F)c2)n1)C1(C(=O)O)CCCCC1. The molecule has 1 N–H and O–H groups in total. The Labute approximate surface area is 155 Å². The van der Waals surface area contributed by atoms with Gasteiger partial charge in [0.15, 0.2) is 0 Å². The van der Waals surface area contributed by atoms with Gasteiger partial charge in [-0.15, -0.1) is 11.3 Å². The average Bonchev–Trinajstić information content (AvgIpc) is 3.09. The van der Waals surface area contributed by atoms with Crippen molar-refractivity contribution in [3.05, 3.63) is 51.7 Å². The molecule has 0 saturated heterocycles. The van der Waals surface area contributed by atoms with Crippen LogP contribution in [0.15, 0.2) is 29.6 Å². The van der Waals surface area contributed by atoms with E-state index in [0.29, 0.717) is 24.3 Å².